The molecule has 21 heavy (non-hydrogen) atoms. The number of aromatic nitrogens is 4. The molecule has 0 saturated carbocycles. The van der Waals surface area contributed by atoms with Gasteiger partial charge in [-0.25, -0.2) is 4.98 Å². The molecule has 1 N–H and O–H groups in total. The summed E-state index contributed by atoms with van der Waals surface area (Å²) in [5, 5.41) is 15.1. The van der Waals surface area contributed by atoms with Gasteiger partial charge in [0.1, 0.15) is 5.65 Å². The second-order valence-corrected chi connectivity index (χ2v) is 5.36. The monoisotopic (exact) mass is 284 g/mol. The molecular weight excluding hydrogens is 264 g/mol. The van der Waals surface area contributed by atoms with Crippen molar-refractivity contribution in [2.24, 2.45) is 0 Å². The van der Waals surface area contributed by atoms with E-state index in [1.54, 1.807) is 6.20 Å². The molecule has 1 atom stereocenters. The lowest BCUT2D eigenvalue weighted by atomic mass is 10.2. The van der Waals surface area contributed by atoms with Crippen LogP contribution >= 0.6 is 0 Å². The molecule has 0 amide bonds. The molecular formula is C16H20N4O. The van der Waals surface area contributed by atoms with Crippen LogP contribution < -0.4 is 0 Å². The Morgan fingerprint density at radius 3 is 2.95 bits per heavy atom. The van der Waals surface area contributed by atoms with Crippen LogP contribution in [0.15, 0.2) is 36.8 Å². The number of hydrogen-bond donors (Lipinski definition) is 1. The quantitative estimate of drug-likeness (QED) is 0.783. The Bertz CT molecular complexity index is 744. The van der Waals surface area contributed by atoms with Crippen LogP contribution in [-0.2, 0) is 13.2 Å². The van der Waals surface area contributed by atoms with Crippen molar-refractivity contribution < 1.29 is 5.11 Å². The zero-order chi connectivity index (χ0) is 14.8. The van der Waals surface area contributed by atoms with Gasteiger partial charge in [0, 0.05) is 35.6 Å². The maximum Gasteiger partial charge on any atom is 0.140 e. The van der Waals surface area contributed by atoms with Gasteiger partial charge in [-0.3, -0.25) is 4.68 Å². The highest BCUT2D eigenvalue weighted by molar-refractivity contribution is 5.80. The van der Waals surface area contributed by atoms with Crippen LogP contribution in [0, 0.1) is 0 Å². The Hall–Kier alpha value is -2.14. The molecule has 0 aliphatic heterocycles. The van der Waals surface area contributed by atoms with Crippen molar-refractivity contribution in [3.8, 4) is 0 Å². The number of hydrogen-bond acceptors (Lipinski definition) is 3. The third-order valence-electron chi connectivity index (χ3n) is 3.93. The van der Waals surface area contributed by atoms with Crippen LogP contribution in [-0.4, -0.2) is 24.4 Å². The third kappa shape index (κ3) is 2.56. The van der Waals surface area contributed by atoms with Crippen molar-refractivity contribution in [1.82, 2.24) is 19.3 Å². The smallest absolute Gasteiger partial charge is 0.140 e. The number of aliphatic hydroxyl groups is 1. The van der Waals surface area contributed by atoms with Crippen LogP contribution in [0.4, 0.5) is 0 Å². The molecule has 0 spiro atoms. The molecule has 0 saturated heterocycles. The molecule has 3 aromatic rings. The van der Waals surface area contributed by atoms with Crippen molar-refractivity contribution in [3.05, 3.63) is 48.0 Å². The van der Waals surface area contributed by atoms with Crippen molar-refractivity contribution in [2.75, 3.05) is 0 Å². The highest BCUT2D eigenvalue weighted by Gasteiger charge is 2.11. The molecule has 110 valence electrons. The van der Waals surface area contributed by atoms with E-state index in [1.807, 2.05) is 39.8 Å². The Labute approximate surface area is 123 Å². The Morgan fingerprint density at radius 2 is 2.19 bits per heavy atom. The summed E-state index contributed by atoms with van der Waals surface area (Å²) in [6.07, 6.45) is 6.82. The lowest BCUT2D eigenvalue weighted by Gasteiger charge is -2.08. The first-order chi connectivity index (χ1) is 10.2. The summed E-state index contributed by atoms with van der Waals surface area (Å²) in [7, 11) is 0. The summed E-state index contributed by atoms with van der Waals surface area (Å²) in [5.74, 6) is 0. The van der Waals surface area contributed by atoms with E-state index in [9.17, 15) is 5.11 Å². The van der Waals surface area contributed by atoms with Crippen LogP contribution in [0.25, 0.3) is 11.0 Å². The molecule has 5 nitrogen and oxygen atoms in total. The van der Waals surface area contributed by atoms with E-state index in [2.05, 4.69) is 23.9 Å². The maximum absolute atomic E-state index is 9.46. The molecule has 5 heteroatoms. The van der Waals surface area contributed by atoms with Crippen molar-refractivity contribution >= 4 is 11.0 Å². The van der Waals surface area contributed by atoms with Gasteiger partial charge < -0.3 is 9.67 Å². The Morgan fingerprint density at radius 1 is 1.33 bits per heavy atom. The predicted molar refractivity (Wildman–Crippen MR) is 82.0 cm³/mol. The van der Waals surface area contributed by atoms with Gasteiger partial charge in [-0.15, -0.1) is 0 Å². The lowest BCUT2D eigenvalue weighted by molar-refractivity contribution is 0.283. The van der Waals surface area contributed by atoms with Gasteiger partial charge in [0.15, 0.2) is 0 Å². The van der Waals surface area contributed by atoms with E-state index in [-0.39, 0.29) is 6.61 Å². The minimum Gasteiger partial charge on any atom is -0.392 e. The molecule has 3 rings (SSSR count). The van der Waals surface area contributed by atoms with Gasteiger partial charge >= 0.3 is 0 Å². The Kier molecular flexibility index (Phi) is 3.75. The maximum atomic E-state index is 9.46. The van der Waals surface area contributed by atoms with E-state index in [1.165, 1.54) is 0 Å². The molecule has 0 bridgehead atoms. The van der Waals surface area contributed by atoms with Gasteiger partial charge in [0.05, 0.1) is 18.8 Å². The second kappa shape index (κ2) is 5.69. The van der Waals surface area contributed by atoms with E-state index >= 15 is 0 Å². The summed E-state index contributed by atoms with van der Waals surface area (Å²) >= 11 is 0. The van der Waals surface area contributed by atoms with Crippen LogP contribution in [0.2, 0.25) is 0 Å². The summed E-state index contributed by atoms with van der Waals surface area (Å²) < 4.78 is 4.05. The molecule has 1 unspecified atom stereocenters. The summed E-state index contributed by atoms with van der Waals surface area (Å²) in [6, 6.07) is 6.33. The average molecular weight is 284 g/mol. The molecule has 0 fully saturated rings. The van der Waals surface area contributed by atoms with Gasteiger partial charge in [-0.05, 0) is 31.5 Å². The predicted octanol–water partition coefficient (Wildman–Crippen LogP) is 2.74. The first kappa shape index (κ1) is 13.8. The van der Waals surface area contributed by atoms with Crippen LogP contribution in [0.5, 0.6) is 0 Å². The Balaban J connectivity index is 1.93. The second-order valence-electron chi connectivity index (χ2n) is 5.36. The number of fused-ring (bicyclic) bond motifs is 1. The molecule has 0 aliphatic rings. The molecule has 3 heterocycles. The topological polar surface area (TPSA) is 55.9 Å². The van der Waals surface area contributed by atoms with Crippen LogP contribution in [0.1, 0.15) is 37.6 Å². The minimum absolute atomic E-state index is 0.0243. The van der Waals surface area contributed by atoms with Crippen molar-refractivity contribution in [2.45, 2.75) is 39.5 Å². The zero-order valence-electron chi connectivity index (χ0n) is 12.4. The SMILES string of the molecule is CCC(C)n1ccc(Cn2cc(CO)c3cccnc32)n1. The first-order valence-corrected chi connectivity index (χ1v) is 7.30. The average Bonchev–Trinajstić information content (AvgIpc) is 3.12. The number of aliphatic hydroxyl groups excluding tert-OH is 1. The van der Waals surface area contributed by atoms with Crippen LogP contribution in [0.3, 0.4) is 0 Å². The van der Waals surface area contributed by atoms with E-state index in [0.717, 1.165) is 28.7 Å². The fourth-order valence-corrected chi connectivity index (χ4v) is 2.51. The standard InChI is InChI=1S/C16H20N4O/c1-3-12(2)20-8-6-14(18-20)10-19-9-13(11-21)15-5-4-7-17-16(15)19/h4-9,12,21H,3,10-11H2,1-2H3. The lowest BCUT2D eigenvalue weighted by Crippen LogP contribution is -2.06. The number of pyridine rings is 1. The van der Waals surface area contributed by atoms with E-state index in [0.29, 0.717) is 12.6 Å². The first-order valence-electron chi connectivity index (χ1n) is 7.30. The highest BCUT2D eigenvalue weighted by atomic mass is 16.3. The van der Waals surface area contributed by atoms with Gasteiger partial charge in [-0.2, -0.15) is 5.10 Å². The third-order valence-corrected chi connectivity index (χ3v) is 3.93. The van der Waals surface area contributed by atoms with Gasteiger partial charge in [0.2, 0.25) is 0 Å². The van der Waals surface area contributed by atoms with E-state index < -0.39 is 0 Å². The highest BCUT2D eigenvalue weighted by Crippen LogP contribution is 2.20. The minimum atomic E-state index is 0.0243. The molecule has 0 aliphatic carbocycles. The van der Waals surface area contributed by atoms with E-state index in [4.69, 9.17) is 0 Å². The largest absolute Gasteiger partial charge is 0.392 e. The summed E-state index contributed by atoms with van der Waals surface area (Å²) in [4.78, 5) is 4.42. The van der Waals surface area contributed by atoms with Gasteiger partial charge in [-0.1, -0.05) is 6.92 Å². The summed E-state index contributed by atoms with van der Waals surface area (Å²) in [5.41, 5.74) is 2.79. The number of nitrogens with zero attached hydrogens (tertiary/aromatic N) is 4. The summed E-state index contributed by atoms with van der Waals surface area (Å²) in [6.45, 7) is 5.00. The number of rotatable bonds is 5. The fourth-order valence-electron chi connectivity index (χ4n) is 2.51. The molecule has 0 aromatic carbocycles. The molecule has 3 aromatic heterocycles. The van der Waals surface area contributed by atoms with Crippen molar-refractivity contribution in [3.63, 3.8) is 0 Å². The zero-order valence-corrected chi connectivity index (χ0v) is 12.4. The molecule has 0 radical (unpaired) electrons. The van der Waals surface area contributed by atoms with Gasteiger partial charge in [0.25, 0.3) is 0 Å². The normalized spacial score (nSPS) is 12.9. The fraction of sp³-hybridized carbons (Fsp3) is 0.375. The van der Waals surface area contributed by atoms with Crippen molar-refractivity contribution in [1.29, 1.82) is 0 Å².